The molecule has 0 bridgehead atoms. The summed E-state index contributed by atoms with van der Waals surface area (Å²) < 4.78 is 147. The third kappa shape index (κ3) is 14.9. The normalized spacial score (nSPS) is 12.8. The average molecular weight is 1750 g/mol. The van der Waals surface area contributed by atoms with E-state index in [9.17, 15) is 8.78 Å². The van der Waals surface area contributed by atoms with Crippen molar-refractivity contribution in [2.75, 3.05) is 0 Å². The first-order valence-electron chi connectivity index (χ1n) is 44.3. The SMILES string of the molecule is Cc1cc2c(oc3cc(F)ccc32)c(-c2cc(F)c3cc([Si](C)(C)C)ccc3[n+]2C)c1C.Cc1cc2c(oc3ccccc32)c(-c2cc(F)c3cc([Si](C)(C)C)ccc3[n+]2C)c1C.Cc1cc2c(oc3ccccc32)c(-c2cc(F)c3cc([Si](C)(C)C)ccc3[n+]2C)c1C.[2H]C([2H])([2H])c1cc2c(oc3cc(F)ccc32)c(-c2cc(F)c3ccc([Si](C)(C)C)cc3[n+]2C)c1C. The van der Waals surface area contributed by atoms with Gasteiger partial charge < -0.3 is 17.7 Å². The van der Waals surface area contributed by atoms with Crippen LogP contribution in [0, 0.1) is 90.2 Å². The van der Waals surface area contributed by atoms with Gasteiger partial charge in [-0.15, -0.1) is 0 Å². The molecule has 18 heteroatoms. The minimum absolute atomic E-state index is 0.156. The van der Waals surface area contributed by atoms with Crippen LogP contribution in [0.25, 0.3) is 176 Å². The number of furan rings is 4. The molecule has 126 heavy (non-hydrogen) atoms. The van der Waals surface area contributed by atoms with Gasteiger partial charge in [0.1, 0.15) is 108 Å². The lowest BCUT2D eigenvalue weighted by molar-refractivity contribution is -0.633. The molecule has 12 aromatic carbocycles. The van der Waals surface area contributed by atoms with Crippen LogP contribution in [0.2, 0.25) is 78.6 Å². The lowest BCUT2D eigenvalue weighted by Crippen LogP contribution is -2.40. The standard InChI is InChI=1S/2C27H26F2NOSi.2C27H27FNOSi/c1-15-11-20-19-9-7-17(28)12-25(19)31-27(20)26(16(15)2)24-14-22(29)21-13-18(32(4,5)6)8-10-23(21)30(24)3;1-15-11-21-19-9-7-17(28)12-25(19)31-27(21)26(16(15)2)24-14-22(29)20-10-8-18(32(4,5)6)13-23(20)30(24)3;2*1-16-13-20-19-9-7-8-10-25(19)30-27(20)26(17(16)2)24-15-22(28)21-14-18(31(4,5)6)11-12-23(21)29(24)3/h2*7-14H,1-6H3;2*7-15H,1-6H3/q4*+1/i;1D3;;. The number of nitrogens with zero attached hydrogens (tertiary/aromatic N) is 4. The van der Waals surface area contributed by atoms with Gasteiger partial charge in [-0.05, 0) is 185 Å². The summed E-state index contributed by atoms with van der Waals surface area (Å²) in [7, 11) is 1.54. The van der Waals surface area contributed by atoms with E-state index in [-0.39, 0.29) is 28.8 Å². The Kier molecular flexibility index (Phi) is 20.6. The summed E-state index contributed by atoms with van der Waals surface area (Å²) in [6.07, 6.45) is 0. The van der Waals surface area contributed by atoms with Crippen LogP contribution in [0.5, 0.6) is 0 Å². The molecule has 636 valence electrons. The first kappa shape index (κ1) is 82.2. The number of pyridine rings is 4. The number of rotatable bonds is 8. The van der Waals surface area contributed by atoms with Crippen molar-refractivity contribution in [3.8, 4) is 45.0 Å². The summed E-state index contributed by atoms with van der Waals surface area (Å²) in [5.41, 5.74) is 22.0. The Bertz CT molecular complexity index is 7910. The number of aromatic nitrogens is 4. The van der Waals surface area contributed by atoms with Crippen molar-refractivity contribution in [1.29, 1.82) is 0 Å². The molecule has 0 aliphatic carbocycles. The maximum absolute atomic E-state index is 15.5. The number of aryl methyl sites for hydroxylation is 8. The summed E-state index contributed by atoms with van der Waals surface area (Å²) in [6, 6.07) is 63.8. The Morgan fingerprint density at radius 3 is 0.833 bits per heavy atom. The van der Waals surface area contributed by atoms with Gasteiger partial charge in [0, 0.05) is 108 Å². The highest BCUT2D eigenvalue weighted by Gasteiger charge is 2.34. The minimum atomic E-state index is -2.39. The van der Waals surface area contributed by atoms with Crippen molar-refractivity contribution >= 4 is 184 Å². The van der Waals surface area contributed by atoms with Crippen LogP contribution in [0.1, 0.15) is 48.6 Å². The number of halogens is 6. The Balaban J connectivity index is 0.000000121. The highest BCUT2D eigenvalue weighted by Crippen LogP contribution is 2.45. The van der Waals surface area contributed by atoms with E-state index in [1.165, 1.54) is 62.2 Å². The molecular weight excluding hydrogens is 1640 g/mol. The lowest BCUT2D eigenvalue weighted by Gasteiger charge is -2.17. The van der Waals surface area contributed by atoms with E-state index < -0.39 is 50.8 Å². The van der Waals surface area contributed by atoms with Crippen LogP contribution >= 0.6 is 0 Å². The minimum Gasteiger partial charge on any atom is -0.455 e. The zero-order valence-electron chi connectivity index (χ0n) is 78.8. The summed E-state index contributed by atoms with van der Waals surface area (Å²) >= 11 is 0. The molecule has 0 N–H and O–H groups in total. The average Bonchev–Trinajstić information content (AvgIpc) is 1.67. The monoisotopic (exact) mass is 1750 g/mol. The van der Waals surface area contributed by atoms with Crippen molar-refractivity contribution in [2.24, 2.45) is 28.2 Å². The molecule has 0 aliphatic heterocycles. The molecule has 8 heterocycles. The summed E-state index contributed by atoms with van der Waals surface area (Å²) in [5, 5.41) is 14.7. The van der Waals surface area contributed by atoms with Crippen LogP contribution in [-0.4, -0.2) is 32.3 Å². The number of hydrogen-bond donors (Lipinski definition) is 0. The summed E-state index contributed by atoms with van der Waals surface area (Å²) in [6.45, 7) is 39.0. The van der Waals surface area contributed by atoms with Gasteiger partial charge >= 0.3 is 0 Å². The second kappa shape index (κ2) is 31.5. The zero-order chi connectivity index (χ0) is 92.5. The summed E-state index contributed by atoms with van der Waals surface area (Å²) in [5.74, 6) is -1.81. The molecular formula is C108H106F6N4O4Si4+4. The lowest BCUT2D eigenvalue weighted by atomic mass is 9.96. The van der Waals surface area contributed by atoms with E-state index in [1.54, 1.807) is 43.3 Å². The van der Waals surface area contributed by atoms with Crippen LogP contribution in [0.15, 0.2) is 224 Å². The maximum atomic E-state index is 15.5. The number of fused-ring (bicyclic) bond motifs is 16. The highest BCUT2D eigenvalue weighted by atomic mass is 28.3. The van der Waals surface area contributed by atoms with E-state index in [4.69, 9.17) is 21.8 Å². The number of para-hydroxylation sites is 2. The van der Waals surface area contributed by atoms with E-state index in [0.717, 1.165) is 127 Å². The fourth-order valence-corrected chi connectivity index (χ4v) is 22.7. The molecule has 0 saturated carbocycles. The molecule has 8 nitrogen and oxygen atoms in total. The largest absolute Gasteiger partial charge is 0.455 e. The van der Waals surface area contributed by atoms with E-state index >= 15 is 17.6 Å². The second-order valence-electron chi connectivity index (χ2n) is 38.4. The van der Waals surface area contributed by atoms with E-state index in [1.807, 2.05) is 130 Å². The molecule has 0 saturated heterocycles. The molecule has 0 fully saturated rings. The first-order valence-corrected chi connectivity index (χ1v) is 56.8. The molecule has 0 aliphatic rings. The number of hydrogen-bond acceptors (Lipinski definition) is 4. The van der Waals surface area contributed by atoms with Crippen LogP contribution in [0.3, 0.4) is 0 Å². The molecule has 8 aromatic heterocycles. The van der Waals surface area contributed by atoms with Gasteiger partial charge in [-0.3, -0.25) is 0 Å². The Labute approximate surface area is 738 Å². The van der Waals surface area contributed by atoms with Gasteiger partial charge in [0.05, 0.1) is 76.1 Å². The zero-order valence-corrected chi connectivity index (χ0v) is 79.8. The van der Waals surface area contributed by atoms with Gasteiger partial charge in [-0.25, -0.2) is 26.3 Å². The Hall–Kier alpha value is -12.1. The molecule has 0 atom stereocenters. The maximum Gasteiger partial charge on any atom is 0.219 e. The van der Waals surface area contributed by atoms with Crippen molar-refractivity contribution in [2.45, 2.75) is 134 Å². The highest BCUT2D eigenvalue weighted by molar-refractivity contribution is 6.90. The third-order valence-electron chi connectivity index (χ3n) is 26.1. The summed E-state index contributed by atoms with van der Waals surface area (Å²) in [4.78, 5) is 0. The van der Waals surface area contributed by atoms with E-state index in [0.29, 0.717) is 77.0 Å². The van der Waals surface area contributed by atoms with Gasteiger partial charge in [0.2, 0.25) is 44.8 Å². The topological polar surface area (TPSA) is 68.1 Å². The third-order valence-corrected chi connectivity index (χ3v) is 34.2. The van der Waals surface area contributed by atoms with Crippen molar-refractivity contribution < 1.29 is 66.4 Å². The van der Waals surface area contributed by atoms with Gasteiger partial charge in [-0.2, -0.15) is 18.3 Å². The Morgan fingerprint density at radius 1 is 0.246 bits per heavy atom. The molecule has 0 amide bonds. The molecule has 20 aromatic rings. The van der Waals surface area contributed by atoms with Crippen molar-refractivity contribution in [3.05, 3.63) is 286 Å². The van der Waals surface area contributed by atoms with Gasteiger partial charge in [0.25, 0.3) is 0 Å². The second-order valence-corrected chi connectivity index (χ2v) is 58.7. The smallest absolute Gasteiger partial charge is 0.219 e. The molecule has 0 radical (unpaired) electrons. The fraction of sp³-hybridized carbons (Fsp3) is 0.222. The number of benzene rings is 12. The Morgan fingerprint density at radius 2 is 0.508 bits per heavy atom. The van der Waals surface area contributed by atoms with E-state index in [2.05, 4.69) is 176 Å². The van der Waals surface area contributed by atoms with Gasteiger partial charge in [-0.1, -0.05) is 160 Å². The van der Waals surface area contributed by atoms with Crippen LogP contribution < -0.4 is 39.0 Å². The van der Waals surface area contributed by atoms with Crippen LogP contribution in [0.4, 0.5) is 26.3 Å². The van der Waals surface area contributed by atoms with Crippen LogP contribution in [-0.2, 0) is 28.2 Å². The van der Waals surface area contributed by atoms with Crippen molar-refractivity contribution in [3.63, 3.8) is 0 Å². The quantitative estimate of drug-likeness (QED) is 0.0864. The molecule has 0 unspecified atom stereocenters. The predicted molar refractivity (Wildman–Crippen MR) is 521 cm³/mol. The fourth-order valence-electron chi connectivity index (χ4n) is 18.1. The molecule has 20 rings (SSSR count). The predicted octanol–water partition coefficient (Wildman–Crippen LogP) is 26.4. The molecule has 0 spiro atoms. The first-order chi connectivity index (χ1) is 60.7. The van der Waals surface area contributed by atoms with Crippen molar-refractivity contribution in [1.82, 2.24) is 0 Å². The van der Waals surface area contributed by atoms with Gasteiger partial charge in [0.15, 0.2) is 0 Å².